The van der Waals surface area contributed by atoms with Crippen LogP contribution < -0.4 is 0 Å². The Morgan fingerprint density at radius 1 is 1.04 bits per heavy atom. The first kappa shape index (κ1) is 16.1. The maximum atomic E-state index is 11.5. The van der Waals surface area contributed by atoms with Crippen LogP contribution in [0.4, 0.5) is 0 Å². The summed E-state index contributed by atoms with van der Waals surface area (Å²) < 4.78 is 0. The number of rotatable bonds is 2. The molecule has 132 valence electrons. The molecule has 5 rings (SSSR count). The Balaban J connectivity index is 1.71. The van der Waals surface area contributed by atoms with E-state index in [-0.39, 0.29) is 23.3 Å². The van der Waals surface area contributed by atoms with Gasteiger partial charge in [-0.2, -0.15) is 0 Å². The van der Waals surface area contributed by atoms with Gasteiger partial charge in [-0.15, -0.1) is 6.42 Å². The summed E-state index contributed by atoms with van der Waals surface area (Å²) in [6.45, 7) is 0. The molecule has 3 aliphatic rings. The van der Waals surface area contributed by atoms with E-state index in [1.165, 1.54) is 11.1 Å². The predicted octanol–water partition coefficient (Wildman–Crippen LogP) is 4.20. The summed E-state index contributed by atoms with van der Waals surface area (Å²) in [7, 11) is 2.22. The minimum atomic E-state index is -0.991. The third-order valence-corrected chi connectivity index (χ3v) is 7.49. The first-order chi connectivity index (χ1) is 12.6. The fourth-order valence-corrected chi connectivity index (χ4v) is 6.84. The molecule has 3 fully saturated rings. The van der Waals surface area contributed by atoms with E-state index in [2.05, 4.69) is 78.5 Å². The zero-order valence-electron chi connectivity index (χ0n) is 15.2. The number of aliphatic hydroxyl groups is 1. The predicted molar refractivity (Wildman–Crippen MR) is 103 cm³/mol. The Bertz CT molecular complexity index is 857. The van der Waals surface area contributed by atoms with Gasteiger partial charge in [-0.3, -0.25) is 4.90 Å². The van der Waals surface area contributed by atoms with Crippen molar-refractivity contribution in [3.8, 4) is 12.3 Å². The van der Waals surface area contributed by atoms with E-state index in [1.807, 2.05) is 0 Å². The van der Waals surface area contributed by atoms with E-state index in [1.54, 1.807) is 0 Å². The molecule has 1 N–H and O–H groups in total. The van der Waals surface area contributed by atoms with E-state index in [0.717, 1.165) is 19.3 Å². The van der Waals surface area contributed by atoms with Crippen molar-refractivity contribution >= 4 is 0 Å². The molecular weight excluding hydrogens is 318 g/mol. The average Bonchev–Trinajstić information content (AvgIpc) is 3.19. The zero-order chi connectivity index (χ0) is 17.9. The highest BCUT2D eigenvalue weighted by atomic mass is 16.3. The molecule has 2 saturated carbocycles. The molecule has 2 aromatic carbocycles. The van der Waals surface area contributed by atoms with Gasteiger partial charge in [-0.05, 0) is 31.0 Å². The van der Waals surface area contributed by atoms with Crippen molar-refractivity contribution in [2.75, 3.05) is 7.05 Å². The van der Waals surface area contributed by atoms with E-state index in [9.17, 15) is 5.11 Å². The molecule has 1 spiro atoms. The van der Waals surface area contributed by atoms with Crippen LogP contribution >= 0.6 is 0 Å². The van der Waals surface area contributed by atoms with E-state index >= 15 is 0 Å². The van der Waals surface area contributed by atoms with Crippen LogP contribution in [0.5, 0.6) is 0 Å². The standard InChI is InChI=1S/C24H25NO/c1-3-24(26)19-15-10-16-23(19)21(24)20(17-11-6-4-7-12-17)25(2)22(23)18-13-8-5-9-14-18/h1,4-9,11-14,19-22,26H,10,15-16H2,2H3/t19-,20+,21-,22+,23-,24-/m0/s1. The van der Waals surface area contributed by atoms with E-state index < -0.39 is 5.60 Å². The van der Waals surface area contributed by atoms with Gasteiger partial charge < -0.3 is 5.11 Å². The fraction of sp³-hybridized carbons (Fsp3) is 0.417. The summed E-state index contributed by atoms with van der Waals surface area (Å²) in [4.78, 5) is 2.49. The van der Waals surface area contributed by atoms with Crippen molar-refractivity contribution in [2.24, 2.45) is 17.3 Å². The third-order valence-electron chi connectivity index (χ3n) is 7.49. The fourth-order valence-electron chi connectivity index (χ4n) is 6.84. The Hall–Kier alpha value is -2.08. The van der Waals surface area contributed by atoms with Gasteiger partial charge in [-0.25, -0.2) is 0 Å². The number of nitrogens with zero attached hydrogens (tertiary/aromatic N) is 1. The summed E-state index contributed by atoms with van der Waals surface area (Å²) >= 11 is 0. The highest BCUT2D eigenvalue weighted by Crippen LogP contribution is 2.79. The van der Waals surface area contributed by atoms with Crippen LogP contribution in [0.1, 0.15) is 42.5 Å². The van der Waals surface area contributed by atoms with Gasteiger partial charge in [0, 0.05) is 29.3 Å². The van der Waals surface area contributed by atoms with Gasteiger partial charge in [0.15, 0.2) is 0 Å². The molecule has 0 unspecified atom stereocenters. The van der Waals surface area contributed by atoms with Crippen molar-refractivity contribution in [1.82, 2.24) is 4.90 Å². The molecule has 26 heavy (non-hydrogen) atoms. The molecule has 2 aliphatic carbocycles. The van der Waals surface area contributed by atoms with Crippen LogP contribution in [0.15, 0.2) is 60.7 Å². The number of benzene rings is 2. The van der Waals surface area contributed by atoms with Gasteiger partial charge >= 0.3 is 0 Å². The minimum absolute atomic E-state index is 0.0811. The first-order valence-electron chi connectivity index (χ1n) is 9.66. The molecule has 2 aromatic rings. The second kappa shape index (κ2) is 5.46. The van der Waals surface area contributed by atoms with Crippen molar-refractivity contribution in [1.29, 1.82) is 0 Å². The van der Waals surface area contributed by atoms with Gasteiger partial charge in [0.05, 0.1) is 0 Å². The molecule has 1 heterocycles. The number of hydrogen-bond acceptors (Lipinski definition) is 2. The maximum absolute atomic E-state index is 11.5. The Kier molecular flexibility index (Phi) is 3.38. The van der Waals surface area contributed by atoms with Gasteiger partial charge in [-0.1, -0.05) is 73.0 Å². The highest BCUT2D eigenvalue weighted by Gasteiger charge is 2.79. The summed E-state index contributed by atoms with van der Waals surface area (Å²) in [6.07, 6.45) is 9.27. The lowest BCUT2D eigenvalue weighted by atomic mass is 9.43. The normalized spacial score (nSPS) is 41.1. The van der Waals surface area contributed by atoms with Crippen LogP contribution in [-0.4, -0.2) is 22.7 Å². The number of likely N-dealkylation sites (tertiary alicyclic amines) is 1. The third kappa shape index (κ3) is 1.76. The lowest BCUT2D eigenvalue weighted by Gasteiger charge is -2.61. The second-order valence-electron chi connectivity index (χ2n) is 8.34. The van der Waals surface area contributed by atoms with Crippen molar-refractivity contribution in [3.05, 3.63) is 71.8 Å². The Labute approximate surface area is 155 Å². The monoisotopic (exact) mass is 343 g/mol. The molecule has 1 saturated heterocycles. The van der Waals surface area contributed by atoms with Crippen LogP contribution in [-0.2, 0) is 0 Å². The summed E-state index contributed by atoms with van der Waals surface area (Å²) in [5.74, 6) is 3.13. The lowest BCUT2D eigenvalue weighted by molar-refractivity contribution is -0.199. The summed E-state index contributed by atoms with van der Waals surface area (Å²) in [5, 5.41) is 11.5. The average molecular weight is 343 g/mol. The molecule has 1 aliphatic heterocycles. The van der Waals surface area contributed by atoms with Crippen molar-refractivity contribution in [2.45, 2.75) is 36.9 Å². The number of terminal acetylenes is 1. The van der Waals surface area contributed by atoms with Crippen LogP contribution in [0.25, 0.3) is 0 Å². The highest BCUT2D eigenvalue weighted by molar-refractivity contribution is 5.42. The molecule has 6 atom stereocenters. The molecule has 2 nitrogen and oxygen atoms in total. The van der Waals surface area contributed by atoms with Gasteiger partial charge in [0.25, 0.3) is 0 Å². The minimum Gasteiger partial charge on any atom is -0.377 e. The van der Waals surface area contributed by atoms with Crippen LogP contribution in [0.2, 0.25) is 0 Å². The van der Waals surface area contributed by atoms with Crippen LogP contribution in [0, 0.1) is 29.6 Å². The topological polar surface area (TPSA) is 23.5 Å². The molecule has 0 aromatic heterocycles. The van der Waals surface area contributed by atoms with E-state index in [0.29, 0.717) is 6.04 Å². The Morgan fingerprint density at radius 3 is 2.27 bits per heavy atom. The largest absolute Gasteiger partial charge is 0.377 e. The quantitative estimate of drug-likeness (QED) is 0.826. The summed E-state index contributed by atoms with van der Waals surface area (Å²) in [5.41, 5.74) is 1.70. The van der Waals surface area contributed by atoms with Crippen molar-refractivity contribution < 1.29 is 5.11 Å². The molecule has 0 amide bonds. The van der Waals surface area contributed by atoms with Crippen molar-refractivity contribution in [3.63, 3.8) is 0 Å². The van der Waals surface area contributed by atoms with Gasteiger partial charge in [0.2, 0.25) is 0 Å². The molecule has 0 bridgehead atoms. The molecular formula is C24H25NO. The van der Waals surface area contributed by atoms with Gasteiger partial charge in [0.1, 0.15) is 5.60 Å². The Morgan fingerprint density at radius 2 is 1.65 bits per heavy atom. The summed E-state index contributed by atoms with van der Waals surface area (Å²) in [6, 6.07) is 21.9. The molecule has 2 heteroatoms. The lowest BCUT2D eigenvalue weighted by Crippen LogP contribution is -2.66. The van der Waals surface area contributed by atoms with E-state index in [4.69, 9.17) is 6.42 Å². The maximum Gasteiger partial charge on any atom is 0.133 e. The van der Waals surface area contributed by atoms with Crippen LogP contribution in [0.3, 0.4) is 0 Å². The SMILES string of the molecule is C#C[C@]1(O)[C@H]2CCC[C@@]23[C@@H]1[C@@H](c1ccccc1)N(C)[C@@H]3c1ccccc1. The zero-order valence-corrected chi connectivity index (χ0v) is 15.2. The smallest absolute Gasteiger partial charge is 0.133 e. The molecule has 0 radical (unpaired) electrons. The second-order valence-corrected chi connectivity index (χ2v) is 8.34. The first-order valence-corrected chi connectivity index (χ1v) is 9.66. The number of hydrogen-bond donors (Lipinski definition) is 1.